The van der Waals surface area contributed by atoms with E-state index in [2.05, 4.69) is 17.6 Å². The first kappa shape index (κ1) is 18.5. The van der Waals surface area contributed by atoms with Crippen LogP contribution in [0.4, 0.5) is 5.69 Å². The monoisotopic (exact) mass is 340 g/mol. The molecule has 0 aliphatic rings. The molecule has 0 spiro atoms. The molecule has 5 nitrogen and oxygen atoms in total. The molecule has 2 N–H and O–H groups in total. The number of hydrogen-bond donors (Lipinski definition) is 2. The maximum atomic E-state index is 12.4. The molecular formula is C20H24N2O3. The van der Waals surface area contributed by atoms with Crippen LogP contribution in [0.1, 0.15) is 47.4 Å². The molecule has 0 aliphatic carbocycles. The summed E-state index contributed by atoms with van der Waals surface area (Å²) in [6.07, 6.45) is 2.04. The first-order chi connectivity index (χ1) is 12.1. The normalized spacial score (nSPS) is 10.2. The van der Waals surface area contributed by atoms with Crippen LogP contribution in [-0.4, -0.2) is 25.0 Å². The van der Waals surface area contributed by atoms with Crippen molar-refractivity contribution in [3.63, 3.8) is 0 Å². The van der Waals surface area contributed by atoms with Crippen LogP contribution < -0.4 is 15.4 Å². The molecule has 0 saturated carbocycles. The summed E-state index contributed by atoms with van der Waals surface area (Å²) in [6, 6.07) is 13.9. The standard InChI is InChI=1S/C20H24N2O3/c1-3-5-13-25-18-8-6-7-16(14-18)20(24)22-17-11-9-15(10-12-17)19(23)21-4-2/h6-12,14H,3-5,13H2,1-2H3,(H,21,23)(H,22,24). The maximum Gasteiger partial charge on any atom is 0.255 e. The van der Waals surface area contributed by atoms with Crippen LogP contribution in [-0.2, 0) is 0 Å². The number of amides is 2. The second-order valence-corrected chi connectivity index (χ2v) is 5.62. The highest BCUT2D eigenvalue weighted by molar-refractivity contribution is 6.04. The number of rotatable bonds is 8. The average Bonchev–Trinajstić information content (AvgIpc) is 2.63. The maximum absolute atomic E-state index is 12.4. The molecule has 2 amide bonds. The second-order valence-electron chi connectivity index (χ2n) is 5.62. The zero-order valence-corrected chi connectivity index (χ0v) is 14.7. The van der Waals surface area contributed by atoms with Gasteiger partial charge in [-0.2, -0.15) is 0 Å². The van der Waals surface area contributed by atoms with Gasteiger partial charge in [-0.05, 0) is 55.8 Å². The van der Waals surface area contributed by atoms with Gasteiger partial charge in [0.05, 0.1) is 6.61 Å². The number of ether oxygens (including phenoxy) is 1. The lowest BCUT2D eigenvalue weighted by Gasteiger charge is -2.09. The molecule has 0 aromatic heterocycles. The number of anilines is 1. The van der Waals surface area contributed by atoms with Gasteiger partial charge in [-0.25, -0.2) is 0 Å². The molecule has 0 saturated heterocycles. The smallest absolute Gasteiger partial charge is 0.255 e. The lowest BCUT2D eigenvalue weighted by molar-refractivity contribution is 0.0955. The van der Waals surface area contributed by atoms with Crippen molar-refractivity contribution in [2.45, 2.75) is 26.7 Å². The Morgan fingerprint density at radius 3 is 2.40 bits per heavy atom. The Kier molecular flexibility index (Phi) is 7.01. The molecular weight excluding hydrogens is 316 g/mol. The van der Waals surface area contributed by atoms with E-state index in [-0.39, 0.29) is 11.8 Å². The van der Waals surface area contributed by atoms with Gasteiger partial charge < -0.3 is 15.4 Å². The zero-order chi connectivity index (χ0) is 18.1. The van der Waals surface area contributed by atoms with Crippen molar-refractivity contribution in [1.82, 2.24) is 5.32 Å². The van der Waals surface area contributed by atoms with Crippen LogP contribution in [0.15, 0.2) is 48.5 Å². The summed E-state index contributed by atoms with van der Waals surface area (Å²) >= 11 is 0. The quantitative estimate of drug-likeness (QED) is 0.717. The Bertz CT molecular complexity index is 711. The molecule has 132 valence electrons. The van der Waals surface area contributed by atoms with Gasteiger partial charge in [-0.1, -0.05) is 19.4 Å². The molecule has 5 heteroatoms. The minimum absolute atomic E-state index is 0.127. The molecule has 0 fully saturated rings. The van der Waals surface area contributed by atoms with Gasteiger partial charge in [0.15, 0.2) is 0 Å². The van der Waals surface area contributed by atoms with Gasteiger partial charge in [-0.15, -0.1) is 0 Å². The Labute approximate surface area is 148 Å². The molecule has 0 unspecified atom stereocenters. The first-order valence-corrected chi connectivity index (χ1v) is 8.56. The van der Waals surface area contributed by atoms with E-state index in [9.17, 15) is 9.59 Å². The third-order valence-electron chi connectivity index (χ3n) is 3.61. The average molecular weight is 340 g/mol. The highest BCUT2D eigenvalue weighted by Gasteiger charge is 2.09. The van der Waals surface area contributed by atoms with Crippen molar-refractivity contribution in [3.8, 4) is 5.75 Å². The highest BCUT2D eigenvalue weighted by atomic mass is 16.5. The fourth-order valence-electron chi connectivity index (χ4n) is 2.23. The molecule has 2 rings (SSSR count). The third-order valence-corrected chi connectivity index (χ3v) is 3.61. The van der Waals surface area contributed by atoms with E-state index < -0.39 is 0 Å². The van der Waals surface area contributed by atoms with Crippen LogP contribution >= 0.6 is 0 Å². The Morgan fingerprint density at radius 2 is 1.72 bits per heavy atom. The summed E-state index contributed by atoms with van der Waals surface area (Å²) < 4.78 is 5.63. The SMILES string of the molecule is CCCCOc1cccc(C(=O)Nc2ccc(C(=O)NCC)cc2)c1. The number of benzene rings is 2. The fourth-order valence-corrected chi connectivity index (χ4v) is 2.23. The number of hydrogen-bond acceptors (Lipinski definition) is 3. The summed E-state index contributed by atoms with van der Waals surface area (Å²) in [5.74, 6) is 0.344. The summed E-state index contributed by atoms with van der Waals surface area (Å²) in [4.78, 5) is 24.1. The second kappa shape index (κ2) is 9.47. The van der Waals surface area contributed by atoms with E-state index in [1.807, 2.05) is 13.0 Å². The minimum atomic E-state index is -0.216. The zero-order valence-electron chi connectivity index (χ0n) is 14.7. The molecule has 0 heterocycles. The molecule has 2 aromatic carbocycles. The van der Waals surface area contributed by atoms with Crippen molar-refractivity contribution >= 4 is 17.5 Å². The van der Waals surface area contributed by atoms with E-state index in [1.54, 1.807) is 42.5 Å². The van der Waals surface area contributed by atoms with Gasteiger partial charge in [0.1, 0.15) is 5.75 Å². The van der Waals surface area contributed by atoms with Crippen molar-refractivity contribution < 1.29 is 14.3 Å². The highest BCUT2D eigenvalue weighted by Crippen LogP contribution is 2.16. The van der Waals surface area contributed by atoms with E-state index in [4.69, 9.17) is 4.74 Å². The van der Waals surface area contributed by atoms with Crippen LogP contribution in [0.2, 0.25) is 0 Å². The number of unbranched alkanes of at least 4 members (excludes halogenated alkanes) is 1. The summed E-state index contributed by atoms with van der Waals surface area (Å²) in [7, 11) is 0. The van der Waals surface area contributed by atoms with Crippen LogP contribution in [0, 0.1) is 0 Å². The lowest BCUT2D eigenvalue weighted by Crippen LogP contribution is -2.22. The lowest BCUT2D eigenvalue weighted by atomic mass is 10.1. The molecule has 0 radical (unpaired) electrons. The third kappa shape index (κ3) is 5.64. The Morgan fingerprint density at radius 1 is 0.960 bits per heavy atom. The fraction of sp³-hybridized carbons (Fsp3) is 0.300. The predicted octanol–water partition coefficient (Wildman–Crippen LogP) is 3.87. The minimum Gasteiger partial charge on any atom is -0.494 e. The van der Waals surface area contributed by atoms with Crippen LogP contribution in [0.3, 0.4) is 0 Å². The van der Waals surface area contributed by atoms with E-state index >= 15 is 0 Å². The summed E-state index contributed by atoms with van der Waals surface area (Å²) in [5.41, 5.74) is 1.73. The molecule has 25 heavy (non-hydrogen) atoms. The van der Waals surface area contributed by atoms with Gasteiger partial charge in [-0.3, -0.25) is 9.59 Å². The van der Waals surface area contributed by atoms with Crippen LogP contribution in [0.5, 0.6) is 5.75 Å². The van der Waals surface area contributed by atoms with Crippen molar-refractivity contribution in [2.24, 2.45) is 0 Å². The molecule has 2 aromatic rings. The first-order valence-electron chi connectivity index (χ1n) is 8.56. The van der Waals surface area contributed by atoms with Gasteiger partial charge >= 0.3 is 0 Å². The summed E-state index contributed by atoms with van der Waals surface area (Å²) in [6.45, 7) is 5.19. The van der Waals surface area contributed by atoms with E-state index in [0.29, 0.717) is 35.7 Å². The number of carbonyl (C=O) groups excluding carboxylic acids is 2. The van der Waals surface area contributed by atoms with Gasteiger partial charge in [0.2, 0.25) is 0 Å². The Balaban J connectivity index is 1.99. The predicted molar refractivity (Wildman–Crippen MR) is 99.2 cm³/mol. The summed E-state index contributed by atoms with van der Waals surface area (Å²) in [5, 5.41) is 5.56. The largest absolute Gasteiger partial charge is 0.494 e. The topological polar surface area (TPSA) is 67.4 Å². The number of nitrogens with one attached hydrogen (secondary N) is 2. The molecule has 0 atom stereocenters. The Hall–Kier alpha value is -2.82. The van der Waals surface area contributed by atoms with Crippen LogP contribution in [0.25, 0.3) is 0 Å². The molecule has 0 aliphatic heterocycles. The van der Waals surface area contributed by atoms with Crippen molar-refractivity contribution in [2.75, 3.05) is 18.5 Å². The van der Waals surface area contributed by atoms with Gasteiger partial charge in [0, 0.05) is 23.4 Å². The number of carbonyl (C=O) groups is 2. The van der Waals surface area contributed by atoms with Gasteiger partial charge in [0.25, 0.3) is 11.8 Å². The van der Waals surface area contributed by atoms with E-state index in [1.165, 1.54) is 0 Å². The van der Waals surface area contributed by atoms with E-state index in [0.717, 1.165) is 12.8 Å². The van der Waals surface area contributed by atoms with Crippen molar-refractivity contribution in [3.05, 3.63) is 59.7 Å². The molecule has 0 bridgehead atoms. The van der Waals surface area contributed by atoms with Crippen molar-refractivity contribution in [1.29, 1.82) is 0 Å².